The number of ether oxygens (including phenoxy) is 1. The van der Waals surface area contributed by atoms with Crippen LogP contribution in [0.3, 0.4) is 0 Å². The molecule has 1 aliphatic rings. The van der Waals surface area contributed by atoms with Crippen LogP contribution in [0.2, 0.25) is 5.02 Å². The maximum atomic E-state index is 12.3. The van der Waals surface area contributed by atoms with E-state index in [2.05, 4.69) is 5.32 Å². The maximum Gasteiger partial charge on any atom is 0.244 e. The number of rotatable bonds is 7. The van der Waals surface area contributed by atoms with Gasteiger partial charge in [0.1, 0.15) is 11.8 Å². The van der Waals surface area contributed by atoms with Gasteiger partial charge in [0.05, 0.1) is 18.1 Å². The summed E-state index contributed by atoms with van der Waals surface area (Å²) < 4.78 is 28.5. The number of aryl methyl sites for hydroxylation is 1. The van der Waals surface area contributed by atoms with Gasteiger partial charge in [-0.1, -0.05) is 11.6 Å². The predicted octanol–water partition coefficient (Wildman–Crippen LogP) is 1.57. The number of hydrogen-bond acceptors (Lipinski definition) is 5. The molecule has 2 amide bonds. The van der Waals surface area contributed by atoms with Crippen LogP contribution in [0.15, 0.2) is 18.2 Å². The van der Waals surface area contributed by atoms with Crippen LogP contribution in [0, 0.1) is 6.92 Å². The molecule has 0 aromatic heterocycles. The molecule has 1 atom stereocenters. The van der Waals surface area contributed by atoms with Gasteiger partial charge < -0.3 is 15.0 Å². The van der Waals surface area contributed by atoms with E-state index in [4.69, 9.17) is 16.3 Å². The van der Waals surface area contributed by atoms with E-state index in [-0.39, 0.29) is 42.8 Å². The molecule has 2 rings (SSSR count). The highest BCUT2D eigenvalue weighted by molar-refractivity contribution is 7.91. The summed E-state index contributed by atoms with van der Waals surface area (Å²) >= 11 is 5.89. The summed E-state index contributed by atoms with van der Waals surface area (Å²) in [6, 6.07) is 4.66. The molecule has 0 radical (unpaired) electrons. The van der Waals surface area contributed by atoms with Crippen molar-refractivity contribution < 1.29 is 22.7 Å². The Morgan fingerprint density at radius 1 is 1.30 bits per heavy atom. The minimum absolute atomic E-state index is 0.0269. The van der Waals surface area contributed by atoms with Crippen LogP contribution in [0.1, 0.15) is 25.3 Å². The molecule has 150 valence electrons. The van der Waals surface area contributed by atoms with E-state index in [1.807, 2.05) is 13.0 Å². The van der Waals surface area contributed by atoms with Crippen LogP contribution in [0.4, 0.5) is 0 Å². The summed E-state index contributed by atoms with van der Waals surface area (Å²) in [5, 5.41) is 3.31. The van der Waals surface area contributed by atoms with Crippen molar-refractivity contribution in [2.45, 2.75) is 32.7 Å². The highest BCUT2D eigenvalue weighted by atomic mass is 35.5. The standard InChI is InChI=1S/C18H25ClN2O5S/c1-13-12-15(19)5-6-16(13)26-9-3-4-17(22)20-14(2)18(23)21-7-10-27(24,25)11-8-21/h5-6,12,14H,3-4,7-11H2,1-2H3,(H,20,22). The molecule has 7 nitrogen and oxygen atoms in total. The fourth-order valence-corrected chi connectivity index (χ4v) is 4.20. The molecular formula is C18H25ClN2O5S. The zero-order valence-corrected chi connectivity index (χ0v) is 17.1. The van der Waals surface area contributed by atoms with E-state index < -0.39 is 15.9 Å². The lowest BCUT2D eigenvalue weighted by atomic mass is 10.2. The van der Waals surface area contributed by atoms with Crippen LogP contribution in [0.25, 0.3) is 0 Å². The number of benzene rings is 1. The molecule has 1 heterocycles. The largest absolute Gasteiger partial charge is 0.493 e. The molecule has 0 bridgehead atoms. The van der Waals surface area contributed by atoms with Gasteiger partial charge in [-0.25, -0.2) is 8.42 Å². The molecule has 1 aromatic carbocycles. The van der Waals surface area contributed by atoms with Crippen molar-refractivity contribution in [3.63, 3.8) is 0 Å². The number of sulfone groups is 1. The van der Waals surface area contributed by atoms with Gasteiger partial charge in [-0.2, -0.15) is 0 Å². The first-order valence-corrected chi connectivity index (χ1v) is 11.1. The number of carbonyl (C=O) groups is 2. The molecule has 9 heteroatoms. The SMILES string of the molecule is Cc1cc(Cl)ccc1OCCCC(=O)NC(C)C(=O)N1CCS(=O)(=O)CC1. The number of nitrogens with one attached hydrogen (secondary N) is 1. The number of halogens is 1. The number of carbonyl (C=O) groups excluding carboxylic acids is 2. The van der Waals surface area contributed by atoms with E-state index in [1.165, 1.54) is 4.90 Å². The molecule has 27 heavy (non-hydrogen) atoms. The average Bonchev–Trinajstić information content (AvgIpc) is 2.59. The van der Waals surface area contributed by atoms with Crippen molar-refractivity contribution in [2.24, 2.45) is 0 Å². The number of hydrogen-bond donors (Lipinski definition) is 1. The van der Waals surface area contributed by atoms with Crippen molar-refractivity contribution in [3.8, 4) is 5.75 Å². The van der Waals surface area contributed by atoms with Gasteiger partial charge in [-0.3, -0.25) is 9.59 Å². The van der Waals surface area contributed by atoms with E-state index >= 15 is 0 Å². The van der Waals surface area contributed by atoms with Gasteiger partial charge in [-0.15, -0.1) is 0 Å². The molecule has 0 saturated carbocycles. The smallest absolute Gasteiger partial charge is 0.244 e. The Morgan fingerprint density at radius 3 is 2.59 bits per heavy atom. The zero-order valence-electron chi connectivity index (χ0n) is 15.5. The van der Waals surface area contributed by atoms with Crippen molar-refractivity contribution in [2.75, 3.05) is 31.2 Å². The van der Waals surface area contributed by atoms with E-state index in [0.717, 1.165) is 11.3 Å². The minimum Gasteiger partial charge on any atom is -0.493 e. The van der Waals surface area contributed by atoms with Crippen LogP contribution in [-0.4, -0.2) is 62.4 Å². The third kappa shape index (κ3) is 6.70. The predicted molar refractivity (Wildman–Crippen MR) is 104 cm³/mol. The first kappa shape index (κ1) is 21.5. The molecule has 1 aliphatic heterocycles. The Morgan fingerprint density at radius 2 is 1.96 bits per heavy atom. The first-order valence-electron chi connectivity index (χ1n) is 8.85. The zero-order chi connectivity index (χ0) is 20.0. The monoisotopic (exact) mass is 416 g/mol. The number of amides is 2. The molecule has 1 fully saturated rings. The fourth-order valence-electron chi connectivity index (χ4n) is 2.77. The molecule has 1 unspecified atom stereocenters. The van der Waals surface area contributed by atoms with E-state index in [0.29, 0.717) is 18.1 Å². The second-order valence-corrected chi connectivity index (χ2v) is 9.37. The maximum absolute atomic E-state index is 12.3. The van der Waals surface area contributed by atoms with Gasteiger partial charge >= 0.3 is 0 Å². The van der Waals surface area contributed by atoms with Gasteiger partial charge in [0.25, 0.3) is 0 Å². The summed E-state index contributed by atoms with van der Waals surface area (Å²) in [6.45, 7) is 4.23. The van der Waals surface area contributed by atoms with Crippen molar-refractivity contribution in [1.29, 1.82) is 0 Å². The van der Waals surface area contributed by atoms with Crippen LogP contribution in [0.5, 0.6) is 5.75 Å². The quantitative estimate of drug-likeness (QED) is 0.681. The highest BCUT2D eigenvalue weighted by Crippen LogP contribution is 2.21. The summed E-state index contributed by atoms with van der Waals surface area (Å²) in [5.41, 5.74) is 0.926. The molecule has 0 aliphatic carbocycles. The minimum atomic E-state index is -3.04. The lowest BCUT2D eigenvalue weighted by Crippen LogP contribution is -2.51. The molecule has 0 spiro atoms. The van der Waals surface area contributed by atoms with Crippen molar-refractivity contribution in [1.82, 2.24) is 10.2 Å². The third-order valence-electron chi connectivity index (χ3n) is 4.35. The summed E-state index contributed by atoms with van der Waals surface area (Å²) in [4.78, 5) is 25.8. The van der Waals surface area contributed by atoms with Gasteiger partial charge in [0, 0.05) is 24.5 Å². The lowest BCUT2D eigenvalue weighted by molar-refractivity contribution is -0.135. The normalized spacial score (nSPS) is 17.2. The second kappa shape index (κ2) is 9.41. The van der Waals surface area contributed by atoms with Gasteiger partial charge in [0.15, 0.2) is 9.84 Å². The molecule has 1 aromatic rings. The Bertz CT molecular complexity index is 783. The molecule has 1 N–H and O–H groups in total. The Balaban J connectivity index is 1.69. The number of nitrogens with zero attached hydrogens (tertiary/aromatic N) is 1. The Hall–Kier alpha value is -1.80. The highest BCUT2D eigenvalue weighted by Gasteiger charge is 2.28. The van der Waals surface area contributed by atoms with E-state index in [9.17, 15) is 18.0 Å². The van der Waals surface area contributed by atoms with Crippen molar-refractivity contribution >= 4 is 33.3 Å². The van der Waals surface area contributed by atoms with Crippen LogP contribution in [-0.2, 0) is 19.4 Å². The van der Waals surface area contributed by atoms with Gasteiger partial charge in [-0.05, 0) is 44.0 Å². The molecule has 1 saturated heterocycles. The topological polar surface area (TPSA) is 92.8 Å². The summed E-state index contributed by atoms with van der Waals surface area (Å²) in [6.07, 6.45) is 0.745. The second-order valence-electron chi connectivity index (χ2n) is 6.63. The third-order valence-corrected chi connectivity index (χ3v) is 6.19. The lowest BCUT2D eigenvalue weighted by Gasteiger charge is -2.29. The fraction of sp³-hybridized carbons (Fsp3) is 0.556. The van der Waals surface area contributed by atoms with E-state index in [1.54, 1.807) is 19.1 Å². The average molecular weight is 417 g/mol. The van der Waals surface area contributed by atoms with Gasteiger partial charge in [0.2, 0.25) is 11.8 Å². The molecular weight excluding hydrogens is 392 g/mol. The Labute approximate surface area is 164 Å². The van der Waals surface area contributed by atoms with Crippen LogP contribution >= 0.6 is 11.6 Å². The van der Waals surface area contributed by atoms with Crippen molar-refractivity contribution in [3.05, 3.63) is 28.8 Å². The summed E-state index contributed by atoms with van der Waals surface area (Å²) in [7, 11) is -3.04. The first-order chi connectivity index (χ1) is 12.7. The Kier molecular flexibility index (Phi) is 7.49. The van der Waals surface area contributed by atoms with Crippen LogP contribution < -0.4 is 10.1 Å². The summed E-state index contributed by atoms with van der Waals surface area (Å²) in [5.74, 6) is 0.174.